The highest BCUT2D eigenvalue weighted by atomic mass is 16.5. The van der Waals surface area contributed by atoms with Gasteiger partial charge >= 0.3 is 6.03 Å². The Morgan fingerprint density at radius 1 is 1.20 bits per heavy atom. The number of pyridine rings is 1. The number of nitrogens with one attached hydrogen (secondary N) is 2. The van der Waals surface area contributed by atoms with Gasteiger partial charge in [0.2, 0.25) is 0 Å². The van der Waals surface area contributed by atoms with E-state index in [2.05, 4.69) is 25.2 Å². The third kappa shape index (κ3) is 3.32. The number of benzene rings is 1. The molecule has 1 aliphatic heterocycles. The zero-order chi connectivity index (χ0) is 17.1. The molecular formula is C18H19N5O2. The van der Waals surface area contributed by atoms with Crippen LogP contribution in [0.3, 0.4) is 0 Å². The number of imidazole rings is 1. The zero-order valence-corrected chi connectivity index (χ0v) is 13.7. The Morgan fingerprint density at radius 2 is 2.08 bits per heavy atom. The molecule has 0 radical (unpaired) electrons. The highest BCUT2D eigenvalue weighted by molar-refractivity contribution is 5.74. The van der Waals surface area contributed by atoms with E-state index < -0.39 is 0 Å². The lowest BCUT2D eigenvalue weighted by molar-refractivity contribution is 0.0570. The number of hydrogen-bond donors (Lipinski definition) is 2. The molecule has 7 heteroatoms. The van der Waals surface area contributed by atoms with E-state index >= 15 is 0 Å². The van der Waals surface area contributed by atoms with Gasteiger partial charge in [-0.3, -0.25) is 0 Å². The third-order valence-corrected chi connectivity index (χ3v) is 4.22. The van der Waals surface area contributed by atoms with Crippen LogP contribution in [0.15, 0.2) is 48.7 Å². The second-order valence-corrected chi connectivity index (χ2v) is 5.96. The van der Waals surface area contributed by atoms with E-state index in [1.807, 2.05) is 42.5 Å². The Labute approximate surface area is 145 Å². The molecule has 2 aromatic heterocycles. The van der Waals surface area contributed by atoms with E-state index in [1.165, 1.54) is 0 Å². The van der Waals surface area contributed by atoms with Gasteiger partial charge in [0.1, 0.15) is 17.9 Å². The number of fused-ring (bicyclic) bond motifs is 3. The van der Waals surface area contributed by atoms with Crippen LogP contribution < -0.4 is 10.6 Å². The standard InChI is InChI=1S/C18H19N5O2/c24-18(20-9-13-5-2-1-3-6-13)21-10-14-11-25-12-16-22-15-7-4-8-19-17(15)23(14)16/h1-8,14H,9-12H2,(H2,20,21,24)/t14-/m0/s1. The minimum atomic E-state index is -0.201. The second kappa shape index (κ2) is 6.90. The molecule has 3 heterocycles. The minimum Gasteiger partial charge on any atom is -0.371 e. The molecule has 0 fully saturated rings. The number of carbonyl (C=O) groups is 1. The average molecular weight is 337 g/mol. The molecule has 3 aromatic rings. The Hall–Kier alpha value is -2.93. The number of ether oxygens (including phenoxy) is 1. The average Bonchev–Trinajstić information content (AvgIpc) is 3.04. The summed E-state index contributed by atoms with van der Waals surface area (Å²) in [5, 5.41) is 5.77. The first-order valence-corrected chi connectivity index (χ1v) is 8.26. The summed E-state index contributed by atoms with van der Waals surface area (Å²) in [7, 11) is 0. The number of aromatic nitrogens is 3. The van der Waals surface area contributed by atoms with Gasteiger partial charge in [-0.1, -0.05) is 30.3 Å². The second-order valence-electron chi connectivity index (χ2n) is 5.96. The molecule has 128 valence electrons. The molecule has 1 aromatic carbocycles. The fourth-order valence-corrected chi connectivity index (χ4v) is 3.02. The lowest BCUT2D eigenvalue weighted by atomic mass is 10.2. The molecule has 1 atom stereocenters. The van der Waals surface area contributed by atoms with E-state index in [0.717, 1.165) is 22.6 Å². The maximum absolute atomic E-state index is 12.1. The van der Waals surface area contributed by atoms with Crippen molar-refractivity contribution < 1.29 is 9.53 Å². The van der Waals surface area contributed by atoms with Gasteiger partial charge in [-0.25, -0.2) is 14.8 Å². The fraction of sp³-hybridized carbons (Fsp3) is 0.278. The Morgan fingerprint density at radius 3 is 2.96 bits per heavy atom. The van der Waals surface area contributed by atoms with Gasteiger partial charge in [0, 0.05) is 19.3 Å². The van der Waals surface area contributed by atoms with Crippen LogP contribution in [0.25, 0.3) is 11.2 Å². The van der Waals surface area contributed by atoms with E-state index in [0.29, 0.717) is 26.3 Å². The highest BCUT2D eigenvalue weighted by Crippen LogP contribution is 2.23. The van der Waals surface area contributed by atoms with Gasteiger partial charge in [-0.2, -0.15) is 0 Å². The molecule has 2 N–H and O–H groups in total. The number of urea groups is 1. The van der Waals surface area contributed by atoms with Gasteiger partial charge in [0.05, 0.1) is 12.6 Å². The normalized spacial score (nSPS) is 16.4. The molecule has 4 rings (SSSR count). The molecule has 25 heavy (non-hydrogen) atoms. The van der Waals surface area contributed by atoms with E-state index in [1.54, 1.807) is 6.20 Å². The minimum absolute atomic E-state index is 0.0221. The first kappa shape index (κ1) is 15.6. The molecule has 0 aliphatic carbocycles. The summed E-state index contributed by atoms with van der Waals surface area (Å²) >= 11 is 0. The van der Waals surface area contributed by atoms with Crippen LogP contribution in [0.1, 0.15) is 17.4 Å². The van der Waals surface area contributed by atoms with Gasteiger partial charge in [-0.05, 0) is 17.7 Å². The monoisotopic (exact) mass is 337 g/mol. The van der Waals surface area contributed by atoms with Crippen molar-refractivity contribution >= 4 is 17.2 Å². The lowest BCUT2D eigenvalue weighted by Crippen LogP contribution is -2.40. The number of nitrogens with zero attached hydrogens (tertiary/aromatic N) is 3. The summed E-state index contributed by atoms with van der Waals surface area (Å²) in [6, 6.07) is 13.4. The predicted molar refractivity (Wildman–Crippen MR) is 92.9 cm³/mol. The van der Waals surface area contributed by atoms with Crippen molar-refractivity contribution in [1.82, 2.24) is 25.2 Å². The van der Waals surface area contributed by atoms with Crippen molar-refractivity contribution in [3.05, 3.63) is 60.0 Å². The van der Waals surface area contributed by atoms with E-state index in [4.69, 9.17) is 4.74 Å². The molecule has 1 aliphatic rings. The molecular weight excluding hydrogens is 318 g/mol. The molecule has 0 saturated carbocycles. The molecule has 2 amide bonds. The van der Waals surface area contributed by atoms with Crippen molar-refractivity contribution in [1.29, 1.82) is 0 Å². The largest absolute Gasteiger partial charge is 0.371 e. The van der Waals surface area contributed by atoms with Crippen LogP contribution in [0, 0.1) is 0 Å². The predicted octanol–water partition coefficient (Wildman–Crippen LogP) is 2.00. The number of amides is 2. The number of carbonyl (C=O) groups excluding carboxylic acids is 1. The summed E-state index contributed by atoms with van der Waals surface area (Å²) in [4.78, 5) is 21.0. The van der Waals surface area contributed by atoms with Crippen molar-refractivity contribution in [2.45, 2.75) is 19.2 Å². The first-order chi connectivity index (χ1) is 12.3. The van der Waals surface area contributed by atoms with Crippen LogP contribution in [0.4, 0.5) is 4.79 Å². The van der Waals surface area contributed by atoms with Gasteiger partial charge in [0.25, 0.3) is 0 Å². The molecule has 0 unspecified atom stereocenters. The zero-order valence-electron chi connectivity index (χ0n) is 13.7. The summed E-state index contributed by atoms with van der Waals surface area (Å²) in [5.74, 6) is 0.844. The quantitative estimate of drug-likeness (QED) is 0.763. The number of rotatable bonds is 4. The van der Waals surface area contributed by atoms with Crippen LogP contribution >= 0.6 is 0 Å². The maximum Gasteiger partial charge on any atom is 0.315 e. The fourth-order valence-electron chi connectivity index (χ4n) is 3.02. The topological polar surface area (TPSA) is 81.1 Å². The van der Waals surface area contributed by atoms with Gasteiger partial charge < -0.3 is 19.9 Å². The Bertz CT molecular complexity index is 878. The summed E-state index contributed by atoms with van der Waals surface area (Å²) in [6.45, 7) is 1.94. The summed E-state index contributed by atoms with van der Waals surface area (Å²) < 4.78 is 7.68. The molecule has 0 saturated heterocycles. The van der Waals surface area contributed by atoms with Gasteiger partial charge in [0.15, 0.2) is 5.65 Å². The Balaban J connectivity index is 1.40. The lowest BCUT2D eigenvalue weighted by Gasteiger charge is -2.25. The SMILES string of the molecule is O=C(NCc1ccccc1)NC[C@H]1COCc2nc3cccnc3n21. The molecule has 0 bridgehead atoms. The van der Waals surface area contributed by atoms with E-state index in [-0.39, 0.29) is 12.1 Å². The first-order valence-electron chi connectivity index (χ1n) is 8.26. The van der Waals surface area contributed by atoms with Crippen molar-refractivity contribution in [3.63, 3.8) is 0 Å². The number of hydrogen-bond acceptors (Lipinski definition) is 4. The summed E-state index contributed by atoms with van der Waals surface area (Å²) in [5.41, 5.74) is 2.74. The Kier molecular flexibility index (Phi) is 4.30. The third-order valence-electron chi connectivity index (χ3n) is 4.22. The van der Waals surface area contributed by atoms with Crippen LogP contribution in [-0.2, 0) is 17.9 Å². The highest BCUT2D eigenvalue weighted by Gasteiger charge is 2.24. The van der Waals surface area contributed by atoms with E-state index in [9.17, 15) is 4.79 Å². The van der Waals surface area contributed by atoms with Crippen LogP contribution in [-0.4, -0.2) is 33.7 Å². The van der Waals surface area contributed by atoms with Crippen LogP contribution in [0.5, 0.6) is 0 Å². The van der Waals surface area contributed by atoms with Crippen molar-refractivity contribution in [3.8, 4) is 0 Å². The van der Waals surface area contributed by atoms with Crippen LogP contribution in [0.2, 0.25) is 0 Å². The van der Waals surface area contributed by atoms with Crippen molar-refractivity contribution in [2.24, 2.45) is 0 Å². The smallest absolute Gasteiger partial charge is 0.315 e. The molecule has 7 nitrogen and oxygen atoms in total. The van der Waals surface area contributed by atoms with Gasteiger partial charge in [-0.15, -0.1) is 0 Å². The molecule has 0 spiro atoms. The maximum atomic E-state index is 12.1. The summed E-state index contributed by atoms with van der Waals surface area (Å²) in [6.07, 6.45) is 1.75. The van der Waals surface area contributed by atoms with Crippen molar-refractivity contribution in [2.75, 3.05) is 13.2 Å².